The van der Waals surface area contributed by atoms with Crippen molar-refractivity contribution in [3.63, 3.8) is 0 Å². The van der Waals surface area contributed by atoms with E-state index in [0.29, 0.717) is 10.0 Å². The van der Waals surface area contributed by atoms with Crippen molar-refractivity contribution in [3.05, 3.63) is 72.7 Å². The summed E-state index contributed by atoms with van der Waals surface area (Å²) < 4.78 is 4.90. The van der Waals surface area contributed by atoms with Gasteiger partial charge in [0.2, 0.25) is 0 Å². The average molecular weight is 432 g/mol. The van der Waals surface area contributed by atoms with Gasteiger partial charge in [-0.25, -0.2) is 4.79 Å². The summed E-state index contributed by atoms with van der Waals surface area (Å²) in [5.41, 5.74) is -0.0478. The Bertz CT molecular complexity index is 904. The van der Waals surface area contributed by atoms with Crippen molar-refractivity contribution in [1.29, 1.82) is 0 Å². The van der Waals surface area contributed by atoms with E-state index in [4.69, 9.17) is 39.5 Å². The number of nitrogens with zero attached hydrogens (tertiary/aromatic N) is 2. The van der Waals surface area contributed by atoms with E-state index in [2.05, 4.69) is 0 Å². The van der Waals surface area contributed by atoms with Gasteiger partial charge in [0.15, 0.2) is 6.61 Å². The van der Waals surface area contributed by atoms with Crippen LogP contribution in [0.5, 0.6) is 0 Å². The number of esters is 1. The van der Waals surface area contributed by atoms with Crippen LogP contribution in [0.3, 0.4) is 0 Å². The molecular weight excluding hydrogens is 419 g/mol. The molecule has 0 aromatic heterocycles. The lowest BCUT2D eigenvalue weighted by Crippen LogP contribution is -2.30. The van der Waals surface area contributed by atoms with E-state index < -0.39 is 29.1 Å². The van der Waals surface area contributed by atoms with Crippen molar-refractivity contribution in [2.75, 3.05) is 13.7 Å². The highest BCUT2D eigenvalue weighted by Crippen LogP contribution is 2.24. The topological polar surface area (TPSA) is 89.8 Å². The molecule has 0 unspecified atom stereocenters. The molecule has 0 saturated carbocycles. The summed E-state index contributed by atoms with van der Waals surface area (Å²) in [6.07, 6.45) is 0. The predicted octanol–water partition coefficient (Wildman–Crippen LogP) is 4.37. The Morgan fingerprint density at radius 1 is 1.11 bits per heavy atom. The molecule has 27 heavy (non-hydrogen) atoms. The number of likely N-dealkylation sites (N-methyl/N-ethyl adjacent to an activating group) is 1. The summed E-state index contributed by atoms with van der Waals surface area (Å²) in [4.78, 5) is 35.8. The summed E-state index contributed by atoms with van der Waals surface area (Å²) in [6.45, 7) is -0.356. The molecule has 0 aliphatic heterocycles. The summed E-state index contributed by atoms with van der Waals surface area (Å²) >= 11 is 17.5. The average Bonchev–Trinajstić information content (AvgIpc) is 2.62. The van der Waals surface area contributed by atoms with Gasteiger partial charge in [0, 0.05) is 24.7 Å². The second kappa shape index (κ2) is 9.03. The Kier molecular flexibility index (Phi) is 7.01. The molecule has 0 aliphatic rings. The summed E-state index contributed by atoms with van der Waals surface area (Å²) in [7, 11) is 1.52. The van der Waals surface area contributed by atoms with Gasteiger partial charge in [-0.1, -0.05) is 40.9 Å². The number of amides is 1. The third-order valence-corrected chi connectivity index (χ3v) is 4.51. The SMILES string of the molecule is CN(Cc1ccc(Cl)c(Cl)c1)C(=O)COC(=O)c1ccc(Cl)cc1[N+](=O)[O-]. The number of carbonyl (C=O) groups is 2. The van der Waals surface area contributed by atoms with Crippen molar-refractivity contribution in [2.45, 2.75) is 6.54 Å². The highest BCUT2D eigenvalue weighted by molar-refractivity contribution is 6.42. The molecule has 0 fully saturated rings. The highest BCUT2D eigenvalue weighted by Gasteiger charge is 2.23. The molecule has 0 saturated heterocycles. The van der Waals surface area contributed by atoms with Gasteiger partial charge >= 0.3 is 5.97 Å². The van der Waals surface area contributed by atoms with E-state index in [0.717, 1.165) is 11.6 Å². The van der Waals surface area contributed by atoms with E-state index in [1.807, 2.05) is 0 Å². The lowest BCUT2D eigenvalue weighted by molar-refractivity contribution is -0.385. The van der Waals surface area contributed by atoms with Gasteiger partial charge in [0.1, 0.15) is 5.56 Å². The minimum atomic E-state index is -0.991. The van der Waals surface area contributed by atoms with Crippen molar-refractivity contribution >= 4 is 52.4 Å². The van der Waals surface area contributed by atoms with Crippen molar-refractivity contribution in [3.8, 4) is 0 Å². The van der Waals surface area contributed by atoms with Gasteiger partial charge in [0.25, 0.3) is 11.6 Å². The van der Waals surface area contributed by atoms with Crippen LogP contribution < -0.4 is 0 Å². The van der Waals surface area contributed by atoms with Gasteiger partial charge in [-0.3, -0.25) is 14.9 Å². The molecule has 2 aromatic carbocycles. The number of nitro benzene ring substituents is 1. The molecule has 1 amide bonds. The molecule has 2 aromatic rings. The zero-order valence-electron chi connectivity index (χ0n) is 13.9. The molecular formula is C17H13Cl3N2O5. The normalized spacial score (nSPS) is 10.4. The number of nitro groups is 1. The zero-order valence-corrected chi connectivity index (χ0v) is 16.2. The Balaban J connectivity index is 1.99. The number of ether oxygens (including phenoxy) is 1. The van der Waals surface area contributed by atoms with E-state index in [1.165, 1.54) is 24.1 Å². The first-order chi connectivity index (χ1) is 12.7. The number of hydrogen-bond acceptors (Lipinski definition) is 5. The van der Waals surface area contributed by atoms with Crippen molar-refractivity contribution in [2.24, 2.45) is 0 Å². The zero-order chi connectivity index (χ0) is 20.1. The molecule has 2 rings (SSSR count). The Morgan fingerprint density at radius 2 is 1.81 bits per heavy atom. The number of carbonyl (C=O) groups excluding carboxylic acids is 2. The van der Waals surface area contributed by atoms with E-state index in [-0.39, 0.29) is 17.1 Å². The van der Waals surface area contributed by atoms with Crippen LogP contribution in [-0.4, -0.2) is 35.4 Å². The second-order valence-corrected chi connectivity index (χ2v) is 6.74. The van der Waals surface area contributed by atoms with Crippen LogP contribution in [0.15, 0.2) is 36.4 Å². The van der Waals surface area contributed by atoms with Crippen LogP contribution in [0.25, 0.3) is 0 Å². The van der Waals surface area contributed by atoms with Crippen LogP contribution in [-0.2, 0) is 16.1 Å². The van der Waals surface area contributed by atoms with Crippen LogP contribution in [0.4, 0.5) is 5.69 Å². The number of hydrogen-bond donors (Lipinski definition) is 0. The quantitative estimate of drug-likeness (QED) is 0.385. The molecule has 0 atom stereocenters. The lowest BCUT2D eigenvalue weighted by atomic mass is 10.2. The third-order valence-electron chi connectivity index (χ3n) is 3.53. The lowest BCUT2D eigenvalue weighted by Gasteiger charge is -2.17. The first kappa shape index (κ1) is 21.0. The minimum Gasteiger partial charge on any atom is -0.452 e. The monoisotopic (exact) mass is 430 g/mol. The Hall–Kier alpha value is -2.35. The molecule has 0 spiro atoms. The van der Waals surface area contributed by atoms with Crippen molar-refractivity contribution in [1.82, 2.24) is 4.90 Å². The minimum absolute atomic E-state index is 0.107. The molecule has 7 nitrogen and oxygen atoms in total. The number of benzene rings is 2. The maximum Gasteiger partial charge on any atom is 0.345 e. The third kappa shape index (κ3) is 5.56. The molecule has 10 heteroatoms. The summed E-state index contributed by atoms with van der Waals surface area (Å²) in [5.74, 6) is -1.49. The molecule has 0 N–H and O–H groups in total. The standard InChI is InChI=1S/C17H13Cl3N2O5/c1-21(8-10-2-5-13(19)14(20)6-10)16(23)9-27-17(24)12-4-3-11(18)7-15(12)22(25)26/h2-7H,8-9H2,1H3. The Morgan fingerprint density at radius 3 is 2.44 bits per heavy atom. The van der Waals surface area contributed by atoms with Gasteiger partial charge < -0.3 is 9.64 Å². The maximum absolute atomic E-state index is 12.1. The molecule has 0 radical (unpaired) electrons. The van der Waals surface area contributed by atoms with E-state index in [9.17, 15) is 19.7 Å². The fourth-order valence-electron chi connectivity index (χ4n) is 2.14. The molecule has 142 valence electrons. The molecule has 0 aliphatic carbocycles. The molecule has 0 bridgehead atoms. The number of halogens is 3. The van der Waals surface area contributed by atoms with Gasteiger partial charge in [-0.15, -0.1) is 0 Å². The van der Waals surface area contributed by atoms with Crippen LogP contribution in [0.2, 0.25) is 15.1 Å². The summed E-state index contributed by atoms with van der Waals surface area (Å²) in [6, 6.07) is 8.47. The van der Waals surface area contributed by atoms with Gasteiger partial charge in [-0.2, -0.15) is 0 Å². The Labute approximate surface area is 169 Å². The first-order valence-corrected chi connectivity index (χ1v) is 8.61. The second-order valence-electron chi connectivity index (χ2n) is 5.49. The van der Waals surface area contributed by atoms with Crippen LogP contribution >= 0.6 is 34.8 Å². The van der Waals surface area contributed by atoms with Gasteiger partial charge in [-0.05, 0) is 29.8 Å². The molecule has 0 heterocycles. The van der Waals surface area contributed by atoms with E-state index >= 15 is 0 Å². The maximum atomic E-state index is 12.1. The predicted molar refractivity (Wildman–Crippen MR) is 101 cm³/mol. The number of rotatable bonds is 6. The first-order valence-electron chi connectivity index (χ1n) is 7.48. The fraction of sp³-hybridized carbons (Fsp3) is 0.176. The van der Waals surface area contributed by atoms with Crippen LogP contribution in [0.1, 0.15) is 15.9 Å². The fourth-order valence-corrected chi connectivity index (χ4v) is 2.63. The highest BCUT2D eigenvalue weighted by atomic mass is 35.5. The van der Waals surface area contributed by atoms with E-state index in [1.54, 1.807) is 18.2 Å². The largest absolute Gasteiger partial charge is 0.452 e. The van der Waals surface area contributed by atoms with Gasteiger partial charge in [0.05, 0.1) is 15.0 Å². The smallest absolute Gasteiger partial charge is 0.345 e. The van der Waals surface area contributed by atoms with Crippen LogP contribution in [0, 0.1) is 10.1 Å². The summed E-state index contributed by atoms with van der Waals surface area (Å²) in [5, 5.41) is 11.9. The van der Waals surface area contributed by atoms with Crippen molar-refractivity contribution < 1.29 is 19.2 Å².